The van der Waals surface area contributed by atoms with Crippen LogP contribution in [0.2, 0.25) is 0 Å². The fraction of sp³-hybridized carbons (Fsp3) is 0.250. The maximum Gasteiger partial charge on any atom is 0.151 e. The monoisotopic (exact) mass is 163 g/mol. The average molecular weight is 164 g/mol. The summed E-state index contributed by atoms with van der Waals surface area (Å²) in [5.74, 6) is 0. The molecular weight excluding hydrogens is 161 g/mol. The highest BCUT2D eigenvalue weighted by molar-refractivity contribution is 6.43. The van der Waals surface area contributed by atoms with E-state index in [0.29, 0.717) is 5.69 Å². The summed E-state index contributed by atoms with van der Waals surface area (Å²) in [5.41, 5.74) is 0.522. The number of aromatic nitrogens is 3. The quantitative estimate of drug-likeness (QED) is 0.588. The van der Waals surface area contributed by atoms with Gasteiger partial charge in [0.25, 0.3) is 0 Å². The van der Waals surface area contributed by atoms with Gasteiger partial charge in [0.15, 0.2) is 4.84 Å². The van der Waals surface area contributed by atoms with E-state index in [2.05, 4.69) is 15.4 Å². The van der Waals surface area contributed by atoms with Crippen LogP contribution in [0.1, 0.15) is 10.5 Å². The van der Waals surface area contributed by atoms with E-state index in [4.69, 9.17) is 23.2 Å². The highest BCUT2D eigenvalue weighted by Gasteiger charge is 2.02. The van der Waals surface area contributed by atoms with Crippen LogP contribution in [0.5, 0.6) is 0 Å². The Balaban J connectivity index is 2.85. The highest BCUT2D eigenvalue weighted by atomic mass is 35.5. The second kappa shape index (κ2) is 2.94. The van der Waals surface area contributed by atoms with E-state index < -0.39 is 4.84 Å². The minimum atomic E-state index is -0.611. The number of hydrogen-bond acceptors (Lipinski definition) is 3. The van der Waals surface area contributed by atoms with Gasteiger partial charge in [-0.15, -0.1) is 10.2 Å². The first kappa shape index (κ1) is 6.71. The first-order chi connectivity index (χ1) is 4.30. The molecule has 0 radical (unpaired) electrons. The summed E-state index contributed by atoms with van der Waals surface area (Å²) < 4.78 is 0. The number of nitrogens with zero attached hydrogens (tertiary/aromatic N) is 3. The third-order valence-corrected chi connectivity index (χ3v) is 1.19. The van der Waals surface area contributed by atoms with Crippen LogP contribution in [0.4, 0.5) is 0 Å². The molecule has 0 aliphatic heterocycles. The summed E-state index contributed by atoms with van der Waals surface area (Å²) in [4.78, 5) is -0.611. The van der Waals surface area contributed by atoms with Crippen LogP contribution in [0, 0.1) is 0 Å². The van der Waals surface area contributed by atoms with Gasteiger partial charge in [0, 0.05) is 0 Å². The average Bonchev–Trinajstić information content (AvgIpc) is 1.90. The Morgan fingerprint density at radius 3 is 2.56 bits per heavy atom. The van der Waals surface area contributed by atoms with Crippen molar-refractivity contribution < 1.29 is 0 Å². The van der Waals surface area contributed by atoms with E-state index in [-0.39, 0.29) is 0 Å². The molecule has 1 aromatic heterocycles. The van der Waals surface area contributed by atoms with Crippen molar-refractivity contribution in [2.75, 3.05) is 0 Å². The maximum atomic E-state index is 5.44. The third-order valence-electron chi connectivity index (χ3n) is 0.747. The smallest absolute Gasteiger partial charge is 0.139 e. The molecule has 0 aromatic carbocycles. The summed E-state index contributed by atoms with van der Waals surface area (Å²) >= 11 is 10.9. The van der Waals surface area contributed by atoms with Gasteiger partial charge in [-0.2, -0.15) is 0 Å². The van der Waals surface area contributed by atoms with Crippen molar-refractivity contribution in [3.63, 3.8) is 0 Å². The lowest BCUT2D eigenvalue weighted by atomic mass is 10.5. The first-order valence-corrected chi connectivity index (χ1v) is 3.10. The van der Waals surface area contributed by atoms with E-state index in [1.54, 1.807) is 6.07 Å². The molecule has 0 fully saturated rings. The molecule has 0 saturated carbocycles. The lowest BCUT2D eigenvalue weighted by molar-refractivity contribution is 0.829. The van der Waals surface area contributed by atoms with E-state index in [1.165, 1.54) is 6.20 Å². The number of rotatable bonds is 1. The zero-order valence-corrected chi connectivity index (χ0v) is 5.84. The Morgan fingerprint density at radius 1 is 1.44 bits per heavy atom. The first-order valence-electron chi connectivity index (χ1n) is 2.23. The predicted molar refractivity (Wildman–Crippen MR) is 34.3 cm³/mol. The van der Waals surface area contributed by atoms with E-state index in [0.717, 1.165) is 0 Å². The van der Waals surface area contributed by atoms with Crippen molar-refractivity contribution in [3.05, 3.63) is 18.0 Å². The molecule has 0 atom stereocenters. The fourth-order valence-corrected chi connectivity index (χ4v) is 0.599. The second-order valence-corrected chi connectivity index (χ2v) is 2.44. The fourth-order valence-electron chi connectivity index (χ4n) is 0.367. The lowest BCUT2D eigenvalue weighted by Gasteiger charge is -1.93. The topological polar surface area (TPSA) is 38.7 Å². The highest BCUT2D eigenvalue weighted by Crippen LogP contribution is 2.20. The van der Waals surface area contributed by atoms with Crippen molar-refractivity contribution in [1.82, 2.24) is 15.4 Å². The molecule has 9 heavy (non-hydrogen) atoms. The molecule has 48 valence electrons. The van der Waals surface area contributed by atoms with Crippen molar-refractivity contribution >= 4 is 23.2 Å². The molecule has 1 heterocycles. The summed E-state index contributed by atoms with van der Waals surface area (Å²) in [6.45, 7) is 0. The van der Waals surface area contributed by atoms with Gasteiger partial charge in [0.05, 0.1) is 11.9 Å². The molecule has 0 N–H and O–H groups in total. The van der Waals surface area contributed by atoms with Crippen LogP contribution in [0.15, 0.2) is 12.3 Å². The normalized spacial score (nSPS) is 10.1. The third kappa shape index (κ3) is 1.77. The minimum absolute atomic E-state index is 0.522. The van der Waals surface area contributed by atoms with Gasteiger partial charge in [-0.05, 0) is 11.3 Å². The molecule has 0 saturated heterocycles. The largest absolute Gasteiger partial charge is 0.151 e. The van der Waals surface area contributed by atoms with Gasteiger partial charge in [0.1, 0.15) is 0 Å². The van der Waals surface area contributed by atoms with Crippen LogP contribution in [-0.4, -0.2) is 15.4 Å². The number of alkyl halides is 2. The van der Waals surface area contributed by atoms with Gasteiger partial charge in [0.2, 0.25) is 0 Å². The van der Waals surface area contributed by atoms with E-state index in [9.17, 15) is 0 Å². The minimum Gasteiger partial charge on any atom is -0.139 e. The Morgan fingerprint density at radius 2 is 2.22 bits per heavy atom. The van der Waals surface area contributed by atoms with Crippen molar-refractivity contribution in [1.29, 1.82) is 0 Å². The Bertz CT molecular complexity index is 176. The van der Waals surface area contributed by atoms with Gasteiger partial charge >= 0.3 is 0 Å². The second-order valence-electron chi connectivity index (χ2n) is 1.35. The molecule has 0 aliphatic rings. The summed E-state index contributed by atoms with van der Waals surface area (Å²) in [7, 11) is 0. The number of halogens is 2. The summed E-state index contributed by atoms with van der Waals surface area (Å²) in [6.07, 6.45) is 1.49. The molecule has 3 nitrogen and oxygen atoms in total. The maximum absolute atomic E-state index is 5.44. The molecule has 1 rings (SSSR count). The predicted octanol–water partition coefficient (Wildman–Crippen LogP) is 1.35. The Hall–Kier alpha value is -0.410. The molecule has 0 bridgehead atoms. The van der Waals surface area contributed by atoms with E-state index >= 15 is 0 Å². The molecule has 0 amide bonds. The molecule has 0 unspecified atom stereocenters. The Labute approximate surface area is 62.0 Å². The van der Waals surface area contributed by atoms with Gasteiger partial charge in [-0.25, -0.2) is 0 Å². The summed E-state index contributed by atoms with van der Waals surface area (Å²) in [5, 5.41) is 10.3. The lowest BCUT2D eigenvalue weighted by Crippen LogP contribution is -1.91. The molecule has 0 spiro atoms. The van der Waals surface area contributed by atoms with Crippen LogP contribution >= 0.6 is 23.2 Å². The molecule has 1 aromatic rings. The van der Waals surface area contributed by atoms with Crippen LogP contribution < -0.4 is 0 Å². The van der Waals surface area contributed by atoms with Gasteiger partial charge in [-0.3, -0.25) is 0 Å². The van der Waals surface area contributed by atoms with Crippen LogP contribution in [0.25, 0.3) is 0 Å². The van der Waals surface area contributed by atoms with Crippen LogP contribution in [-0.2, 0) is 0 Å². The zero-order valence-electron chi connectivity index (χ0n) is 4.33. The molecule has 0 aliphatic carbocycles. The summed E-state index contributed by atoms with van der Waals surface area (Å²) in [6, 6.07) is 1.61. The van der Waals surface area contributed by atoms with Crippen molar-refractivity contribution in [2.45, 2.75) is 4.84 Å². The van der Waals surface area contributed by atoms with Gasteiger partial charge < -0.3 is 0 Å². The molecular formula is C4H3Cl2N3. The van der Waals surface area contributed by atoms with Crippen LogP contribution in [0.3, 0.4) is 0 Å². The van der Waals surface area contributed by atoms with Crippen molar-refractivity contribution in [2.24, 2.45) is 0 Å². The van der Waals surface area contributed by atoms with E-state index in [1.807, 2.05) is 0 Å². The zero-order chi connectivity index (χ0) is 6.69. The number of hydrogen-bond donors (Lipinski definition) is 0. The Kier molecular flexibility index (Phi) is 2.19. The SMILES string of the molecule is ClC(Cl)c1ccnnn1. The standard InChI is InChI=1S/C4H3Cl2N3/c5-4(6)3-1-2-7-9-8-3/h1-2,4H. The molecule has 5 heteroatoms. The van der Waals surface area contributed by atoms with Gasteiger partial charge in [-0.1, -0.05) is 23.2 Å². The van der Waals surface area contributed by atoms with Crippen molar-refractivity contribution in [3.8, 4) is 0 Å².